The zero-order valence-corrected chi connectivity index (χ0v) is 21.0. The molecule has 8 nitrogen and oxygen atoms in total. The van der Waals surface area contributed by atoms with Crippen molar-refractivity contribution in [1.29, 1.82) is 0 Å². The maximum atomic E-state index is 13.0. The molecule has 0 fully saturated rings. The second-order valence-corrected chi connectivity index (χ2v) is 10.1. The van der Waals surface area contributed by atoms with E-state index in [-0.39, 0.29) is 16.1 Å². The van der Waals surface area contributed by atoms with Gasteiger partial charge >= 0.3 is 0 Å². The number of nitrogens with one attached hydrogen (secondary N) is 2. The van der Waals surface area contributed by atoms with Crippen molar-refractivity contribution in [2.24, 2.45) is 0 Å². The molecule has 0 bridgehead atoms. The molecule has 4 rings (SSSR count). The Balaban J connectivity index is 1.54. The zero-order chi connectivity index (χ0) is 25.0. The zero-order valence-electron chi connectivity index (χ0n) is 18.6. The topological polar surface area (TPSA) is 107 Å². The number of methoxy groups -OCH3 is 2. The minimum atomic E-state index is -3.93. The van der Waals surface area contributed by atoms with Crippen LogP contribution >= 0.6 is 22.9 Å². The quantitative estimate of drug-likeness (QED) is 0.310. The van der Waals surface area contributed by atoms with Gasteiger partial charge in [-0.3, -0.25) is 14.8 Å². The van der Waals surface area contributed by atoms with Crippen molar-refractivity contribution in [3.63, 3.8) is 0 Å². The van der Waals surface area contributed by atoms with E-state index in [2.05, 4.69) is 15.0 Å². The van der Waals surface area contributed by atoms with Crippen molar-refractivity contribution in [1.82, 2.24) is 4.98 Å². The Bertz CT molecular complexity index is 1470. The number of sulfonamides is 1. The summed E-state index contributed by atoms with van der Waals surface area (Å²) >= 11 is 7.09. The molecule has 1 aromatic heterocycles. The monoisotopic (exact) mass is 529 g/mol. The van der Waals surface area contributed by atoms with E-state index in [1.165, 1.54) is 47.7 Å². The Morgan fingerprint density at radius 2 is 1.69 bits per heavy atom. The molecule has 4 aromatic rings. The summed E-state index contributed by atoms with van der Waals surface area (Å²) in [5.74, 6) is 0.649. The van der Waals surface area contributed by atoms with Gasteiger partial charge in [-0.1, -0.05) is 23.7 Å². The highest BCUT2D eigenvalue weighted by molar-refractivity contribution is 7.92. The fourth-order valence-corrected chi connectivity index (χ4v) is 5.13. The first-order valence-electron chi connectivity index (χ1n) is 10.2. The average Bonchev–Trinajstić information content (AvgIpc) is 3.32. The Labute approximate surface area is 211 Å². The Morgan fingerprint density at radius 1 is 0.971 bits per heavy atom. The summed E-state index contributed by atoms with van der Waals surface area (Å²) in [5, 5.41) is 5.30. The van der Waals surface area contributed by atoms with Gasteiger partial charge in [0, 0.05) is 16.0 Å². The molecule has 0 saturated heterocycles. The molecule has 0 atom stereocenters. The molecule has 11 heteroatoms. The van der Waals surface area contributed by atoms with E-state index in [1.807, 2.05) is 6.07 Å². The summed E-state index contributed by atoms with van der Waals surface area (Å²) in [6, 6.07) is 17.5. The van der Waals surface area contributed by atoms with Crippen molar-refractivity contribution in [3.8, 4) is 22.8 Å². The largest absolute Gasteiger partial charge is 0.493 e. The second kappa shape index (κ2) is 10.3. The van der Waals surface area contributed by atoms with Gasteiger partial charge in [-0.15, -0.1) is 11.3 Å². The van der Waals surface area contributed by atoms with E-state index in [4.69, 9.17) is 21.1 Å². The van der Waals surface area contributed by atoms with Gasteiger partial charge < -0.3 is 9.47 Å². The summed E-state index contributed by atoms with van der Waals surface area (Å²) < 4.78 is 38.6. The SMILES string of the molecule is COc1ccc(-c2csc(NC(=O)c3ccccc3NS(=O)(=O)c3ccc(Cl)cc3)n2)cc1OC. The summed E-state index contributed by atoms with van der Waals surface area (Å²) in [5.41, 5.74) is 1.71. The van der Waals surface area contributed by atoms with Crippen LogP contribution in [0.5, 0.6) is 11.5 Å². The van der Waals surface area contributed by atoms with Gasteiger partial charge in [0.1, 0.15) is 0 Å². The van der Waals surface area contributed by atoms with E-state index >= 15 is 0 Å². The first-order valence-corrected chi connectivity index (χ1v) is 12.9. The molecule has 0 radical (unpaired) electrons. The predicted molar refractivity (Wildman–Crippen MR) is 137 cm³/mol. The fourth-order valence-electron chi connectivity index (χ4n) is 3.21. The van der Waals surface area contributed by atoms with E-state index in [1.54, 1.807) is 43.9 Å². The summed E-state index contributed by atoms with van der Waals surface area (Å²) in [4.78, 5) is 17.5. The maximum absolute atomic E-state index is 13.0. The van der Waals surface area contributed by atoms with Gasteiger partial charge in [0.05, 0.1) is 36.1 Å². The predicted octanol–water partition coefficient (Wildman–Crippen LogP) is 5.53. The van der Waals surface area contributed by atoms with Crippen LogP contribution in [0, 0.1) is 0 Å². The van der Waals surface area contributed by atoms with Crippen LogP contribution in [-0.2, 0) is 10.0 Å². The number of rotatable bonds is 8. The van der Waals surface area contributed by atoms with Gasteiger partial charge in [-0.05, 0) is 54.6 Å². The van der Waals surface area contributed by atoms with Gasteiger partial charge in [0.15, 0.2) is 16.6 Å². The Morgan fingerprint density at radius 3 is 2.40 bits per heavy atom. The van der Waals surface area contributed by atoms with E-state index in [9.17, 15) is 13.2 Å². The van der Waals surface area contributed by atoms with Crippen LogP contribution in [-0.4, -0.2) is 33.5 Å². The van der Waals surface area contributed by atoms with Crippen LogP contribution in [0.2, 0.25) is 5.02 Å². The molecule has 3 aromatic carbocycles. The molecule has 0 aliphatic carbocycles. The van der Waals surface area contributed by atoms with Crippen molar-refractivity contribution >= 4 is 49.7 Å². The third-order valence-corrected chi connectivity index (χ3v) is 7.34. The molecule has 180 valence electrons. The molecule has 1 heterocycles. The van der Waals surface area contributed by atoms with E-state index in [0.29, 0.717) is 27.3 Å². The number of hydrogen-bond acceptors (Lipinski definition) is 7. The number of halogens is 1. The lowest BCUT2D eigenvalue weighted by atomic mass is 10.1. The minimum Gasteiger partial charge on any atom is -0.493 e. The average molecular weight is 530 g/mol. The number of benzene rings is 3. The number of thiazole rings is 1. The van der Waals surface area contributed by atoms with Crippen LogP contribution in [0.3, 0.4) is 0 Å². The number of carbonyl (C=O) groups excluding carboxylic acids is 1. The highest BCUT2D eigenvalue weighted by atomic mass is 35.5. The summed E-state index contributed by atoms with van der Waals surface area (Å²) in [7, 11) is -0.822. The number of nitrogens with zero attached hydrogens (tertiary/aromatic N) is 1. The molecular weight excluding hydrogens is 510 g/mol. The lowest BCUT2D eigenvalue weighted by Gasteiger charge is -2.12. The van der Waals surface area contributed by atoms with Gasteiger partial charge in [-0.2, -0.15) is 0 Å². The highest BCUT2D eigenvalue weighted by Crippen LogP contribution is 2.33. The molecule has 0 spiro atoms. The first kappa shape index (κ1) is 24.5. The number of amides is 1. The summed E-state index contributed by atoms with van der Waals surface area (Å²) in [6.07, 6.45) is 0. The molecular formula is C24H20ClN3O5S2. The molecule has 0 aliphatic rings. The summed E-state index contributed by atoms with van der Waals surface area (Å²) in [6.45, 7) is 0. The molecule has 2 N–H and O–H groups in total. The normalized spacial score (nSPS) is 11.1. The maximum Gasteiger partial charge on any atom is 0.261 e. The van der Waals surface area contributed by atoms with Gasteiger partial charge in [0.2, 0.25) is 0 Å². The van der Waals surface area contributed by atoms with Gasteiger partial charge in [-0.25, -0.2) is 13.4 Å². The molecule has 0 aliphatic heterocycles. The molecule has 0 unspecified atom stereocenters. The lowest BCUT2D eigenvalue weighted by Crippen LogP contribution is -2.18. The first-order chi connectivity index (χ1) is 16.8. The Hall–Kier alpha value is -3.60. The number of aromatic nitrogens is 1. The lowest BCUT2D eigenvalue weighted by molar-refractivity contribution is 0.102. The Kier molecular flexibility index (Phi) is 7.25. The standard InChI is InChI=1S/C24H20ClN3O5S2/c1-32-21-12-7-15(13-22(21)33-2)20-14-34-24(26-20)27-23(29)18-5-3-4-6-19(18)28-35(30,31)17-10-8-16(25)9-11-17/h3-14,28H,1-2H3,(H,26,27,29). The number of anilines is 2. The van der Waals surface area contributed by atoms with Gasteiger partial charge in [0.25, 0.3) is 15.9 Å². The minimum absolute atomic E-state index is 0.0246. The van der Waals surface area contributed by atoms with Crippen molar-refractivity contribution < 1.29 is 22.7 Å². The van der Waals surface area contributed by atoms with E-state index < -0.39 is 15.9 Å². The third kappa shape index (κ3) is 5.56. The number of hydrogen-bond donors (Lipinski definition) is 2. The van der Waals surface area contributed by atoms with Crippen molar-refractivity contribution in [3.05, 3.63) is 82.7 Å². The highest BCUT2D eigenvalue weighted by Gasteiger charge is 2.19. The van der Waals surface area contributed by atoms with Crippen LogP contribution in [0.15, 0.2) is 77.0 Å². The van der Waals surface area contributed by atoms with Crippen LogP contribution in [0.25, 0.3) is 11.3 Å². The second-order valence-electron chi connectivity index (χ2n) is 7.17. The smallest absolute Gasteiger partial charge is 0.261 e. The van der Waals surface area contributed by atoms with Crippen molar-refractivity contribution in [2.75, 3.05) is 24.3 Å². The number of para-hydroxylation sites is 1. The molecule has 1 amide bonds. The number of carbonyl (C=O) groups is 1. The molecule has 35 heavy (non-hydrogen) atoms. The van der Waals surface area contributed by atoms with E-state index in [0.717, 1.165) is 5.56 Å². The fraction of sp³-hybridized carbons (Fsp3) is 0.0833. The molecule has 0 saturated carbocycles. The van der Waals surface area contributed by atoms with Crippen LogP contribution in [0.1, 0.15) is 10.4 Å². The number of ether oxygens (including phenoxy) is 2. The van der Waals surface area contributed by atoms with Crippen LogP contribution in [0.4, 0.5) is 10.8 Å². The van der Waals surface area contributed by atoms with Crippen LogP contribution < -0.4 is 19.5 Å². The van der Waals surface area contributed by atoms with Crippen molar-refractivity contribution in [2.45, 2.75) is 4.90 Å². The third-order valence-electron chi connectivity index (χ3n) is 4.94.